The van der Waals surface area contributed by atoms with Gasteiger partial charge in [-0.3, -0.25) is 14.7 Å². The topological polar surface area (TPSA) is 66.8 Å². The van der Waals surface area contributed by atoms with Gasteiger partial charge in [-0.15, -0.1) is 0 Å². The molecule has 1 aromatic carbocycles. The van der Waals surface area contributed by atoms with Crippen LogP contribution in [0.15, 0.2) is 59.7 Å². The van der Waals surface area contributed by atoms with E-state index in [1.54, 1.807) is 12.4 Å². The van der Waals surface area contributed by atoms with E-state index in [1.165, 1.54) is 16.6 Å². The quantitative estimate of drug-likeness (QED) is 0.601. The molecule has 5 rings (SSSR count). The Kier molecular flexibility index (Phi) is 4.06. The van der Waals surface area contributed by atoms with Gasteiger partial charge in [0.05, 0.1) is 5.69 Å². The Bertz CT molecular complexity index is 1210. The van der Waals surface area contributed by atoms with E-state index in [4.69, 9.17) is 4.98 Å². The van der Waals surface area contributed by atoms with Crippen molar-refractivity contribution in [3.63, 3.8) is 0 Å². The third kappa shape index (κ3) is 2.92. The first-order chi connectivity index (χ1) is 13.7. The van der Waals surface area contributed by atoms with Gasteiger partial charge < -0.3 is 9.55 Å². The number of para-hydroxylation sites is 1. The van der Waals surface area contributed by atoms with Crippen molar-refractivity contribution in [2.45, 2.75) is 19.5 Å². The zero-order valence-electron chi connectivity index (χ0n) is 15.7. The van der Waals surface area contributed by atoms with Crippen molar-refractivity contribution >= 4 is 10.9 Å². The first-order valence-electron chi connectivity index (χ1n) is 9.47. The van der Waals surface area contributed by atoms with Gasteiger partial charge in [-0.05, 0) is 36.1 Å². The van der Waals surface area contributed by atoms with Crippen LogP contribution in [-0.4, -0.2) is 31.0 Å². The van der Waals surface area contributed by atoms with Crippen LogP contribution in [0.25, 0.3) is 22.3 Å². The Balaban J connectivity index is 1.45. The number of aromatic nitrogens is 4. The molecule has 3 aromatic heterocycles. The van der Waals surface area contributed by atoms with Crippen molar-refractivity contribution in [1.29, 1.82) is 0 Å². The van der Waals surface area contributed by atoms with Gasteiger partial charge in [0, 0.05) is 61.4 Å². The number of nitrogens with zero attached hydrogens (tertiary/aromatic N) is 4. The van der Waals surface area contributed by atoms with E-state index in [0.717, 1.165) is 36.3 Å². The van der Waals surface area contributed by atoms with Crippen LogP contribution in [0.4, 0.5) is 0 Å². The highest BCUT2D eigenvalue weighted by molar-refractivity contribution is 5.81. The van der Waals surface area contributed by atoms with Crippen LogP contribution in [0.3, 0.4) is 0 Å². The molecule has 6 heteroatoms. The number of pyridine rings is 1. The van der Waals surface area contributed by atoms with Crippen LogP contribution in [0.1, 0.15) is 17.0 Å². The lowest BCUT2D eigenvalue weighted by molar-refractivity contribution is 0.236. The molecular formula is C22H21N5O. The minimum atomic E-state index is -0.0342. The van der Waals surface area contributed by atoms with Gasteiger partial charge in [0.1, 0.15) is 5.82 Å². The Morgan fingerprint density at radius 2 is 2.07 bits per heavy atom. The van der Waals surface area contributed by atoms with E-state index in [9.17, 15) is 4.79 Å². The smallest absolute Gasteiger partial charge is 0.254 e. The van der Waals surface area contributed by atoms with E-state index in [-0.39, 0.29) is 5.56 Å². The summed E-state index contributed by atoms with van der Waals surface area (Å²) in [7, 11) is 2.11. The zero-order chi connectivity index (χ0) is 19.1. The summed E-state index contributed by atoms with van der Waals surface area (Å²) >= 11 is 0. The average Bonchev–Trinajstić information content (AvgIpc) is 3.04. The SMILES string of the molecule is Cn1c(CN2CCc3c(nc(-c4cccnc4)[nH]c3=O)C2)cc2ccccc21. The molecule has 0 spiro atoms. The van der Waals surface area contributed by atoms with E-state index >= 15 is 0 Å². The summed E-state index contributed by atoms with van der Waals surface area (Å²) in [6.45, 7) is 2.36. The molecule has 1 aliphatic heterocycles. The monoisotopic (exact) mass is 371 g/mol. The standard InChI is InChI=1S/C22H21N5O/c1-26-17(11-15-5-2-3-7-20(15)26)13-27-10-8-18-19(14-27)24-21(25-22(18)28)16-6-4-9-23-12-16/h2-7,9,11-12H,8,10,13-14H2,1H3,(H,24,25,28). The predicted molar refractivity (Wildman–Crippen MR) is 109 cm³/mol. The molecular weight excluding hydrogens is 350 g/mol. The number of aromatic amines is 1. The minimum Gasteiger partial charge on any atom is -0.346 e. The molecule has 4 aromatic rings. The number of rotatable bonds is 3. The molecule has 0 atom stereocenters. The molecule has 1 aliphatic rings. The van der Waals surface area contributed by atoms with Crippen LogP contribution >= 0.6 is 0 Å². The van der Waals surface area contributed by atoms with Crippen molar-refractivity contribution in [3.05, 3.63) is 82.2 Å². The fourth-order valence-corrected chi connectivity index (χ4v) is 4.00. The largest absolute Gasteiger partial charge is 0.346 e. The maximum absolute atomic E-state index is 12.6. The molecule has 0 amide bonds. The molecule has 6 nitrogen and oxygen atoms in total. The molecule has 0 fully saturated rings. The minimum absolute atomic E-state index is 0.0342. The van der Waals surface area contributed by atoms with Crippen molar-refractivity contribution in [1.82, 2.24) is 24.4 Å². The van der Waals surface area contributed by atoms with E-state index < -0.39 is 0 Å². The molecule has 1 N–H and O–H groups in total. The van der Waals surface area contributed by atoms with Gasteiger partial charge in [-0.1, -0.05) is 18.2 Å². The highest BCUT2D eigenvalue weighted by atomic mass is 16.1. The number of H-pyrrole nitrogens is 1. The Labute approximate surface area is 162 Å². The Hall–Kier alpha value is -3.25. The first kappa shape index (κ1) is 16.9. The molecule has 0 unspecified atom stereocenters. The van der Waals surface area contributed by atoms with Gasteiger partial charge in [-0.2, -0.15) is 0 Å². The lowest BCUT2D eigenvalue weighted by Gasteiger charge is -2.27. The summed E-state index contributed by atoms with van der Waals surface area (Å²) in [6, 6.07) is 14.4. The summed E-state index contributed by atoms with van der Waals surface area (Å²) in [5.74, 6) is 0.586. The second-order valence-electron chi connectivity index (χ2n) is 7.30. The van der Waals surface area contributed by atoms with E-state index in [0.29, 0.717) is 12.4 Å². The molecule has 0 saturated heterocycles. The van der Waals surface area contributed by atoms with Gasteiger partial charge in [0.15, 0.2) is 0 Å². The normalized spacial score (nSPS) is 14.3. The van der Waals surface area contributed by atoms with Crippen LogP contribution in [0.2, 0.25) is 0 Å². The number of benzene rings is 1. The highest BCUT2D eigenvalue weighted by Crippen LogP contribution is 2.23. The van der Waals surface area contributed by atoms with E-state index in [1.807, 2.05) is 12.1 Å². The van der Waals surface area contributed by atoms with Crippen LogP contribution in [0.5, 0.6) is 0 Å². The summed E-state index contributed by atoms with van der Waals surface area (Å²) < 4.78 is 2.25. The number of fused-ring (bicyclic) bond motifs is 2. The van der Waals surface area contributed by atoms with Crippen LogP contribution in [0, 0.1) is 0 Å². The van der Waals surface area contributed by atoms with Crippen molar-refractivity contribution in [3.8, 4) is 11.4 Å². The Morgan fingerprint density at radius 3 is 2.89 bits per heavy atom. The third-order valence-electron chi connectivity index (χ3n) is 5.52. The van der Waals surface area contributed by atoms with Crippen molar-refractivity contribution < 1.29 is 0 Å². The molecule has 0 radical (unpaired) electrons. The van der Waals surface area contributed by atoms with Crippen LogP contribution in [-0.2, 0) is 26.6 Å². The average molecular weight is 371 g/mol. The maximum atomic E-state index is 12.6. The molecule has 0 bridgehead atoms. The molecule has 28 heavy (non-hydrogen) atoms. The lowest BCUT2D eigenvalue weighted by atomic mass is 10.1. The van der Waals surface area contributed by atoms with Crippen LogP contribution < -0.4 is 5.56 Å². The maximum Gasteiger partial charge on any atom is 0.254 e. The van der Waals surface area contributed by atoms with Gasteiger partial charge in [-0.25, -0.2) is 4.98 Å². The molecule has 140 valence electrons. The Morgan fingerprint density at radius 1 is 1.18 bits per heavy atom. The predicted octanol–water partition coefficient (Wildman–Crippen LogP) is 2.88. The summed E-state index contributed by atoms with van der Waals surface area (Å²) in [5, 5.41) is 1.26. The summed E-state index contributed by atoms with van der Waals surface area (Å²) in [4.78, 5) is 26.7. The lowest BCUT2D eigenvalue weighted by Crippen LogP contribution is -2.35. The summed E-state index contributed by atoms with van der Waals surface area (Å²) in [5.41, 5.74) is 4.97. The number of nitrogens with one attached hydrogen (secondary N) is 1. The van der Waals surface area contributed by atoms with Gasteiger partial charge >= 0.3 is 0 Å². The summed E-state index contributed by atoms with van der Waals surface area (Å²) in [6.07, 6.45) is 4.15. The van der Waals surface area contributed by atoms with Crippen molar-refractivity contribution in [2.75, 3.05) is 6.54 Å². The van der Waals surface area contributed by atoms with Crippen molar-refractivity contribution in [2.24, 2.45) is 7.05 Å². The second-order valence-corrected chi connectivity index (χ2v) is 7.30. The third-order valence-corrected chi connectivity index (χ3v) is 5.52. The fraction of sp³-hybridized carbons (Fsp3) is 0.227. The second kappa shape index (κ2) is 6.73. The number of aryl methyl sites for hydroxylation is 1. The fourth-order valence-electron chi connectivity index (χ4n) is 4.00. The number of hydrogen-bond donors (Lipinski definition) is 1. The van der Waals surface area contributed by atoms with E-state index in [2.05, 4.69) is 56.8 Å². The number of hydrogen-bond acceptors (Lipinski definition) is 4. The van der Waals surface area contributed by atoms with Gasteiger partial charge in [0.25, 0.3) is 5.56 Å². The highest BCUT2D eigenvalue weighted by Gasteiger charge is 2.22. The molecule has 4 heterocycles. The zero-order valence-corrected chi connectivity index (χ0v) is 15.7. The molecule has 0 aliphatic carbocycles. The molecule has 0 saturated carbocycles. The first-order valence-corrected chi connectivity index (χ1v) is 9.47. The van der Waals surface area contributed by atoms with Gasteiger partial charge in [0.2, 0.25) is 0 Å².